The molecule has 5 nitrogen and oxygen atoms in total. The molecular formula is C24H46N4O. The fraction of sp³-hybridized carbons (Fsp3) is 0.875. The van der Waals surface area contributed by atoms with Crippen LogP contribution in [0.2, 0.25) is 0 Å². The highest BCUT2D eigenvalue weighted by molar-refractivity contribution is 5.84. The number of nitriles is 2. The van der Waals surface area contributed by atoms with E-state index in [1.54, 1.807) is 13.8 Å². The standard InChI is InChI=1S/C10H16N2O.C10H18N2.2C2H6/c1-10(2,8-11)9(13)12-6-4-3-5-7-12;1-9-4-7-12(8-5-9)10(2)3-6-11;2*1-2/h3-7H2,1-2H3;9-10H,3-5,7-8H2,1-2H3;2*1-2H3. The zero-order chi connectivity index (χ0) is 22.9. The Bertz CT molecular complexity index is 490. The molecule has 0 aliphatic carbocycles. The van der Waals surface area contributed by atoms with Gasteiger partial charge in [0, 0.05) is 19.1 Å². The first-order chi connectivity index (χ1) is 13.8. The lowest BCUT2D eigenvalue weighted by atomic mass is 9.93. The smallest absolute Gasteiger partial charge is 0.242 e. The van der Waals surface area contributed by atoms with E-state index in [-0.39, 0.29) is 5.91 Å². The van der Waals surface area contributed by atoms with E-state index in [2.05, 4.69) is 24.8 Å². The van der Waals surface area contributed by atoms with Gasteiger partial charge in [-0.25, -0.2) is 0 Å². The molecule has 0 radical (unpaired) electrons. The highest BCUT2D eigenvalue weighted by atomic mass is 16.2. The molecule has 0 spiro atoms. The number of nitrogens with zero attached hydrogens (tertiary/aromatic N) is 4. The number of piperidine rings is 2. The van der Waals surface area contributed by atoms with Crippen LogP contribution in [0.4, 0.5) is 0 Å². The summed E-state index contributed by atoms with van der Waals surface area (Å²) in [5.41, 5.74) is -0.850. The monoisotopic (exact) mass is 406 g/mol. The quantitative estimate of drug-likeness (QED) is 0.609. The van der Waals surface area contributed by atoms with Crippen molar-refractivity contribution in [3.05, 3.63) is 0 Å². The van der Waals surface area contributed by atoms with Gasteiger partial charge in [-0.15, -0.1) is 0 Å². The van der Waals surface area contributed by atoms with Gasteiger partial charge < -0.3 is 4.90 Å². The minimum Gasteiger partial charge on any atom is -0.341 e. The van der Waals surface area contributed by atoms with Gasteiger partial charge in [0.15, 0.2) is 0 Å². The summed E-state index contributed by atoms with van der Waals surface area (Å²) in [7, 11) is 0. The van der Waals surface area contributed by atoms with Crippen molar-refractivity contribution in [3.63, 3.8) is 0 Å². The van der Waals surface area contributed by atoms with Gasteiger partial charge in [-0.05, 0) is 71.9 Å². The molecule has 0 aromatic rings. The van der Waals surface area contributed by atoms with Crippen LogP contribution in [0.3, 0.4) is 0 Å². The summed E-state index contributed by atoms with van der Waals surface area (Å²) in [6.07, 6.45) is 6.64. The molecular weight excluding hydrogens is 360 g/mol. The van der Waals surface area contributed by atoms with Crippen molar-refractivity contribution >= 4 is 5.91 Å². The van der Waals surface area contributed by atoms with Crippen LogP contribution in [0.5, 0.6) is 0 Å². The Morgan fingerprint density at radius 3 is 1.90 bits per heavy atom. The van der Waals surface area contributed by atoms with E-state index in [4.69, 9.17) is 10.5 Å². The van der Waals surface area contributed by atoms with Gasteiger partial charge in [0.1, 0.15) is 5.41 Å². The van der Waals surface area contributed by atoms with Gasteiger partial charge in [-0.2, -0.15) is 10.5 Å². The summed E-state index contributed by atoms with van der Waals surface area (Å²) in [6.45, 7) is 19.8. The maximum atomic E-state index is 11.8. The Hall–Kier alpha value is -1.59. The van der Waals surface area contributed by atoms with E-state index < -0.39 is 5.41 Å². The van der Waals surface area contributed by atoms with Gasteiger partial charge in [0.2, 0.25) is 5.91 Å². The molecule has 2 saturated heterocycles. The van der Waals surface area contributed by atoms with Crippen LogP contribution in [0, 0.1) is 34.0 Å². The van der Waals surface area contributed by atoms with Gasteiger partial charge in [-0.1, -0.05) is 34.6 Å². The summed E-state index contributed by atoms with van der Waals surface area (Å²) in [5.74, 6) is 0.866. The average Bonchev–Trinajstić information content (AvgIpc) is 2.77. The van der Waals surface area contributed by atoms with Crippen LogP contribution in [-0.2, 0) is 4.79 Å². The fourth-order valence-corrected chi connectivity index (χ4v) is 3.27. The van der Waals surface area contributed by atoms with Gasteiger partial charge in [-0.3, -0.25) is 9.69 Å². The molecule has 2 rings (SSSR count). The number of likely N-dealkylation sites (tertiary alicyclic amines) is 2. The molecule has 2 aliphatic heterocycles. The van der Waals surface area contributed by atoms with Crippen LogP contribution >= 0.6 is 0 Å². The van der Waals surface area contributed by atoms with Crippen LogP contribution < -0.4 is 0 Å². The van der Waals surface area contributed by atoms with Gasteiger partial charge >= 0.3 is 0 Å². The molecule has 168 valence electrons. The van der Waals surface area contributed by atoms with E-state index in [1.807, 2.05) is 38.7 Å². The Kier molecular flexibility index (Phi) is 17.6. The first-order valence-corrected chi connectivity index (χ1v) is 11.6. The molecule has 2 aliphatic rings. The molecule has 0 saturated carbocycles. The molecule has 0 aromatic heterocycles. The zero-order valence-corrected chi connectivity index (χ0v) is 20.4. The molecule has 0 N–H and O–H groups in total. The lowest BCUT2D eigenvalue weighted by molar-refractivity contribution is -0.138. The maximum absolute atomic E-state index is 11.8. The minimum absolute atomic E-state index is 0.0188. The third-order valence-corrected chi connectivity index (χ3v) is 5.29. The lowest BCUT2D eigenvalue weighted by Gasteiger charge is -2.33. The van der Waals surface area contributed by atoms with Gasteiger partial charge in [0.05, 0.1) is 18.6 Å². The molecule has 5 heteroatoms. The summed E-state index contributed by atoms with van der Waals surface area (Å²) in [5, 5.41) is 17.3. The predicted molar refractivity (Wildman–Crippen MR) is 122 cm³/mol. The Labute approximate surface area is 181 Å². The van der Waals surface area contributed by atoms with E-state index >= 15 is 0 Å². The second-order valence-corrected chi connectivity index (χ2v) is 8.02. The molecule has 2 heterocycles. The van der Waals surface area contributed by atoms with Crippen molar-refractivity contribution in [1.82, 2.24) is 9.80 Å². The van der Waals surface area contributed by atoms with Gasteiger partial charge in [0.25, 0.3) is 0 Å². The molecule has 1 atom stereocenters. The second kappa shape index (κ2) is 17.3. The number of carbonyl (C=O) groups is 1. The Morgan fingerprint density at radius 2 is 1.48 bits per heavy atom. The van der Waals surface area contributed by atoms with Crippen LogP contribution in [-0.4, -0.2) is 47.9 Å². The highest BCUT2D eigenvalue weighted by Crippen LogP contribution is 2.20. The third kappa shape index (κ3) is 11.9. The topological polar surface area (TPSA) is 71.1 Å². The minimum atomic E-state index is -0.850. The fourth-order valence-electron chi connectivity index (χ4n) is 3.27. The summed E-state index contributed by atoms with van der Waals surface area (Å²) < 4.78 is 0. The van der Waals surface area contributed by atoms with Crippen LogP contribution in [0.1, 0.15) is 93.9 Å². The van der Waals surface area contributed by atoms with E-state index in [0.717, 1.165) is 31.8 Å². The average molecular weight is 407 g/mol. The summed E-state index contributed by atoms with van der Waals surface area (Å²) in [4.78, 5) is 16.0. The van der Waals surface area contributed by atoms with Crippen molar-refractivity contribution in [1.29, 1.82) is 10.5 Å². The number of carbonyl (C=O) groups excluding carboxylic acids is 1. The first-order valence-electron chi connectivity index (χ1n) is 11.6. The largest absolute Gasteiger partial charge is 0.341 e. The van der Waals surface area contributed by atoms with Crippen molar-refractivity contribution in [2.24, 2.45) is 11.3 Å². The van der Waals surface area contributed by atoms with Crippen molar-refractivity contribution in [2.75, 3.05) is 26.2 Å². The summed E-state index contributed by atoms with van der Waals surface area (Å²) in [6, 6.07) is 4.74. The van der Waals surface area contributed by atoms with Crippen LogP contribution in [0.15, 0.2) is 0 Å². The maximum Gasteiger partial charge on any atom is 0.242 e. The van der Waals surface area contributed by atoms with Crippen LogP contribution in [0.25, 0.3) is 0 Å². The summed E-state index contributed by atoms with van der Waals surface area (Å²) >= 11 is 0. The lowest BCUT2D eigenvalue weighted by Crippen LogP contribution is -2.43. The zero-order valence-electron chi connectivity index (χ0n) is 20.4. The number of hydrogen-bond donors (Lipinski definition) is 0. The molecule has 0 aromatic carbocycles. The normalized spacial score (nSPS) is 18.2. The van der Waals surface area contributed by atoms with Crippen molar-refractivity contribution < 1.29 is 4.79 Å². The molecule has 0 bridgehead atoms. The van der Waals surface area contributed by atoms with E-state index in [0.29, 0.717) is 12.5 Å². The van der Waals surface area contributed by atoms with E-state index in [1.165, 1.54) is 32.4 Å². The predicted octanol–water partition coefficient (Wildman–Crippen LogP) is 5.62. The number of hydrogen-bond acceptors (Lipinski definition) is 4. The Balaban J connectivity index is 0. The SMILES string of the molecule is CC.CC.CC(C)(C#N)C(=O)N1CCCCC1.CC1CCN(C(C)CC#N)CC1. The molecule has 1 unspecified atom stereocenters. The Morgan fingerprint density at radius 1 is 1.00 bits per heavy atom. The third-order valence-electron chi connectivity index (χ3n) is 5.29. The van der Waals surface area contributed by atoms with Crippen molar-refractivity contribution in [3.8, 4) is 12.1 Å². The highest BCUT2D eigenvalue weighted by Gasteiger charge is 2.32. The molecule has 29 heavy (non-hydrogen) atoms. The first kappa shape index (κ1) is 29.6. The number of amides is 1. The second-order valence-electron chi connectivity index (χ2n) is 8.02. The van der Waals surface area contributed by atoms with E-state index in [9.17, 15) is 4.79 Å². The molecule has 1 amide bonds. The number of rotatable bonds is 3. The van der Waals surface area contributed by atoms with Crippen molar-refractivity contribution in [2.45, 2.75) is 100.0 Å². The molecule has 2 fully saturated rings.